The predicted molar refractivity (Wildman–Crippen MR) is 88.4 cm³/mol. The molecule has 2 nitrogen and oxygen atoms in total. The Morgan fingerprint density at radius 3 is 2.50 bits per heavy atom. The summed E-state index contributed by atoms with van der Waals surface area (Å²) in [6, 6.07) is 19.2. The zero-order chi connectivity index (χ0) is 14.9. The minimum atomic E-state index is 0.464. The molecule has 2 aliphatic rings. The Hall–Kier alpha value is -2.19. The number of carbonyl (C=O) groups is 1. The van der Waals surface area contributed by atoms with E-state index in [1.54, 1.807) is 6.08 Å². The summed E-state index contributed by atoms with van der Waals surface area (Å²) in [5.74, 6) is 0.998. The van der Waals surface area contributed by atoms with E-state index < -0.39 is 0 Å². The zero-order valence-corrected chi connectivity index (χ0v) is 12.5. The zero-order valence-electron chi connectivity index (χ0n) is 12.5. The second-order valence-electron chi connectivity index (χ2n) is 6.24. The highest BCUT2D eigenvalue weighted by Crippen LogP contribution is 2.49. The molecule has 2 atom stereocenters. The van der Waals surface area contributed by atoms with Crippen molar-refractivity contribution in [3.63, 3.8) is 0 Å². The van der Waals surface area contributed by atoms with E-state index in [0.29, 0.717) is 11.8 Å². The van der Waals surface area contributed by atoms with Crippen LogP contribution < -0.4 is 0 Å². The van der Waals surface area contributed by atoms with Crippen LogP contribution in [0.1, 0.15) is 22.6 Å². The van der Waals surface area contributed by atoms with Crippen molar-refractivity contribution < 1.29 is 4.79 Å². The third-order valence-electron chi connectivity index (χ3n) is 4.96. The molecule has 1 heterocycles. The Morgan fingerprint density at radius 1 is 0.955 bits per heavy atom. The molecule has 1 fully saturated rings. The van der Waals surface area contributed by atoms with E-state index in [1.165, 1.54) is 22.3 Å². The first-order valence-electron chi connectivity index (χ1n) is 7.88. The maximum atomic E-state index is 11.0. The van der Waals surface area contributed by atoms with Gasteiger partial charge in [0.2, 0.25) is 0 Å². The molecule has 4 rings (SSSR count). The van der Waals surface area contributed by atoms with Crippen molar-refractivity contribution in [1.29, 1.82) is 0 Å². The van der Waals surface area contributed by atoms with Crippen LogP contribution in [0.25, 0.3) is 5.57 Å². The van der Waals surface area contributed by atoms with Crippen LogP contribution in [-0.4, -0.2) is 24.3 Å². The number of allylic oxidation sites excluding steroid dienone is 1. The molecule has 1 saturated heterocycles. The summed E-state index contributed by atoms with van der Waals surface area (Å²) in [6.07, 6.45) is 2.71. The van der Waals surface area contributed by atoms with Gasteiger partial charge in [-0.15, -0.1) is 0 Å². The largest absolute Gasteiger partial charge is 0.299 e. The average Bonchev–Trinajstić information content (AvgIpc) is 3.07. The van der Waals surface area contributed by atoms with Gasteiger partial charge in [0.05, 0.1) is 0 Å². The van der Waals surface area contributed by atoms with E-state index in [2.05, 4.69) is 59.5 Å². The van der Waals surface area contributed by atoms with Gasteiger partial charge in [0.15, 0.2) is 0 Å². The van der Waals surface area contributed by atoms with Crippen molar-refractivity contribution in [2.45, 2.75) is 12.5 Å². The number of rotatable bonds is 3. The molecule has 2 aromatic carbocycles. The second kappa shape index (κ2) is 5.54. The van der Waals surface area contributed by atoms with Crippen LogP contribution in [0.2, 0.25) is 0 Å². The van der Waals surface area contributed by atoms with Gasteiger partial charge in [-0.1, -0.05) is 54.6 Å². The number of fused-ring (bicyclic) bond motifs is 3. The normalized spacial score (nSPS) is 25.2. The van der Waals surface area contributed by atoms with Crippen molar-refractivity contribution in [3.05, 3.63) is 77.4 Å². The highest BCUT2D eigenvalue weighted by molar-refractivity contribution is 5.87. The number of carbonyl (C=O) groups excluding carboxylic acids is 1. The molecular formula is C20H19NO. The minimum Gasteiger partial charge on any atom is -0.299 e. The monoisotopic (exact) mass is 289 g/mol. The Labute approximate surface area is 131 Å². The van der Waals surface area contributed by atoms with Gasteiger partial charge >= 0.3 is 0 Å². The summed E-state index contributed by atoms with van der Waals surface area (Å²) in [5.41, 5.74) is 5.28. The van der Waals surface area contributed by atoms with Crippen LogP contribution in [0.3, 0.4) is 0 Å². The number of likely N-dealkylation sites (tertiary alicyclic amines) is 1. The van der Waals surface area contributed by atoms with Crippen LogP contribution in [0, 0.1) is 5.92 Å². The lowest BCUT2D eigenvalue weighted by Gasteiger charge is -2.18. The van der Waals surface area contributed by atoms with Crippen LogP contribution in [0.4, 0.5) is 0 Å². The minimum absolute atomic E-state index is 0.464. The molecule has 0 radical (unpaired) electrons. The predicted octanol–water partition coefficient (Wildman–Crippen LogP) is 3.50. The van der Waals surface area contributed by atoms with E-state index in [4.69, 9.17) is 0 Å². The molecule has 0 amide bonds. The van der Waals surface area contributed by atoms with Crippen molar-refractivity contribution >= 4 is 11.9 Å². The van der Waals surface area contributed by atoms with E-state index in [9.17, 15) is 4.79 Å². The molecule has 0 spiro atoms. The molecule has 2 unspecified atom stereocenters. The third kappa shape index (κ3) is 2.20. The van der Waals surface area contributed by atoms with Gasteiger partial charge < -0.3 is 0 Å². The van der Waals surface area contributed by atoms with Crippen molar-refractivity contribution in [3.8, 4) is 0 Å². The first kappa shape index (κ1) is 13.5. The third-order valence-corrected chi connectivity index (χ3v) is 4.96. The molecule has 0 bridgehead atoms. The fourth-order valence-electron chi connectivity index (χ4n) is 4.06. The molecule has 22 heavy (non-hydrogen) atoms. The lowest BCUT2D eigenvalue weighted by atomic mass is 9.94. The summed E-state index contributed by atoms with van der Waals surface area (Å²) >= 11 is 0. The summed E-state index contributed by atoms with van der Waals surface area (Å²) in [7, 11) is 0. The first-order chi connectivity index (χ1) is 10.9. The molecule has 0 saturated carbocycles. The molecular weight excluding hydrogens is 270 g/mol. The Bertz CT molecular complexity index is 719. The maximum Gasteiger partial charge on any atom is 0.143 e. The Balaban J connectivity index is 1.61. The van der Waals surface area contributed by atoms with Gasteiger partial charge in [-0.3, -0.25) is 9.69 Å². The van der Waals surface area contributed by atoms with Crippen LogP contribution in [-0.2, 0) is 11.3 Å². The van der Waals surface area contributed by atoms with Crippen LogP contribution >= 0.6 is 0 Å². The highest BCUT2D eigenvalue weighted by atomic mass is 16.1. The van der Waals surface area contributed by atoms with Gasteiger partial charge in [0.1, 0.15) is 6.29 Å². The van der Waals surface area contributed by atoms with Gasteiger partial charge in [0, 0.05) is 31.5 Å². The second-order valence-corrected chi connectivity index (χ2v) is 6.24. The lowest BCUT2D eigenvalue weighted by molar-refractivity contribution is -0.104. The summed E-state index contributed by atoms with van der Waals surface area (Å²) in [6.45, 7) is 3.10. The molecule has 2 aromatic rings. The van der Waals surface area contributed by atoms with E-state index in [-0.39, 0.29) is 0 Å². The standard InChI is InChI=1S/C20H19NO/c22-11-10-18-16-8-4-5-9-17(16)19-13-21(14-20(18)19)12-15-6-2-1-3-7-15/h1-11,19-20H,12-14H2/b18-10+. The van der Waals surface area contributed by atoms with E-state index >= 15 is 0 Å². The highest BCUT2D eigenvalue weighted by Gasteiger charge is 2.42. The fourth-order valence-corrected chi connectivity index (χ4v) is 4.06. The number of hydrogen-bond acceptors (Lipinski definition) is 2. The topological polar surface area (TPSA) is 20.3 Å². The van der Waals surface area contributed by atoms with Crippen molar-refractivity contribution in [1.82, 2.24) is 4.90 Å². The molecule has 1 aliphatic carbocycles. The van der Waals surface area contributed by atoms with Gasteiger partial charge in [-0.2, -0.15) is 0 Å². The number of benzene rings is 2. The Morgan fingerprint density at radius 2 is 1.68 bits per heavy atom. The van der Waals surface area contributed by atoms with Gasteiger partial charge in [0.25, 0.3) is 0 Å². The number of hydrogen-bond donors (Lipinski definition) is 0. The Kier molecular flexibility index (Phi) is 3.39. The molecule has 110 valence electrons. The molecule has 2 heteroatoms. The smallest absolute Gasteiger partial charge is 0.143 e. The summed E-state index contributed by atoms with van der Waals surface area (Å²) in [5, 5.41) is 0. The van der Waals surface area contributed by atoms with Gasteiger partial charge in [-0.05, 0) is 28.3 Å². The number of nitrogens with zero attached hydrogens (tertiary/aromatic N) is 1. The van der Waals surface area contributed by atoms with Crippen molar-refractivity contribution in [2.24, 2.45) is 5.92 Å². The van der Waals surface area contributed by atoms with E-state index in [0.717, 1.165) is 25.9 Å². The lowest BCUT2D eigenvalue weighted by Crippen LogP contribution is -2.21. The SMILES string of the molecule is O=C/C=C1\c2ccccc2C2CN(Cc3ccccc3)CC12. The quantitative estimate of drug-likeness (QED) is 0.637. The first-order valence-corrected chi connectivity index (χ1v) is 7.88. The van der Waals surface area contributed by atoms with Crippen molar-refractivity contribution in [2.75, 3.05) is 13.1 Å². The van der Waals surface area contributed by atoms with Gasteiger partial charge in [-0.25, -0.2) is 0 Å². The van der Waals surface area contributed by atoms with E-state index in [1.807, 2.05) is 0 Å². The summed E-state index contributed by atoms with van der Waals surface area (Å²) < 4.78 is 0. The molecule has 0 aromatic heterocycles. The molecule has 0 N–H and O–H groups in total. The maximum absolute atomic E-state index is 11.0. The summed E-state index contributed by atoms with van der Waals surface area (Å²) in [4.78, 5) is 13.6. The molecule has 1 aliphatic heterocycles. The fraction of sp³-hybridized carbons (Fsp3) is 0.250. The number of aldehydes is 1. The average molecular weight is 289 g/mol. The van der Waals surface area contributed by atoms with Crippen LogP contribution in [0.15, 0.2) is 60.7 Å². The van der Waals surface area contributed by atoms with Crippen LogP contribution in [0.5, 0.6) is 0 Å².